The van der Waals surface area contributed by atoms with Gasteiger partial charge in [0.25, 0.3) is 0 Å². The monoisotopic (exact) mass is 446 g/mol. The van der Waals surface area contributed by atoms with Crippen molar-refractivity contribution in [1.82, 2.24) is 9.80 Å². The average molecular weight is 447 g/mol. The molecule has 2 amide bonds. The molecule has 32 heavy (non-hydrogen) atoms. The molecule has 8 nitrogen and oxygen atoms in total. The number of fused-ring (bicyclic) bond motifs is 2. The molecule has 2 saturated heterocycles. The summed E-state index contributed by atoms with van der Waals surface area (Å²) in [5.74, 6) is -2.79. The lowest BCUT2D eigenvalue weighted by Crippen LogP contribution is -2.59. The van der Waals surface area contributed by atoms with Crippen LogP contribution in [-0.4, -0.2) is 81.8 Å². The van der Waals surface area contributed by atoms with Gasteiger partial charge in [0.15, 0.2) is 0 Å². The summed E-state index contributed by atoms with van der Waals surface area (Å²) in [5.41, 5.74) is -2.34. The van der Waals surface area contributed by atoms with Gasteiger partial charge in [0.2, 0.25) is 11.8 Å². The molecule has 0 aliphatic carbocycles. The lowest BCUT2D eigenvalue weighted by atomic mass is 9.73. The number of carbonyl (C=O) groups excluding carboxylic acids is 3. The Kier molecular flexibility index (Phi) is 5.96. The van der Waals surface area contributed by atoms with Gasteiger partial charge in [0.05, 0.1) is 25.2 Å². The fraction of sp³-hybridized carbons (Fsp3) is 0.708. The lowest BCUT2D eigenvalue weighted by molar-refractivity contribution is -0.163. The standard InChI is InChI=1S/C24H34N2O6/c1-5-23-10-7-6-8-13-31-22(30)18(23)17-20(28)26(16(4)14-27)19-21(29)25(15(2)3)12-9-11-24(17,19)32-23/h7,9-11,15-19,27H,5-6,8,12-14H2,1-4H3/b10-7-/t16-,17+,18+,19?,23-,24+/m1/s1. The predicted molar refractivity (Wildman–Crippen MR) is 116 cm³/mol. The van der Waals surface area contributed by atoms with E-state index in [2.05, 4.69) is 0 Å². The number of aliphatic hydroxyl groups excluding tert-OH is 1. The number of aliphatic hydroxyl groups is 1. The van der Waals surface area contributed by atoms with Crippen molar-refractivity contribution < 1.29 is 29.0 Å². The Bertz CT molecular complexity index is 853. The van der Waals surface area contributed by atoms with Crippen molar-refractivity contribution in [3.8, 4) is 0 Å². The summed E-state index contributed by atoms with van der Waals surface area (Å²) in [6.45, 7) is 7.88. The molecule has 6 atom stereocenters. The van der Waals surface area contributed by atoms with E-state index in [1.165, 1.54) is 4.90 Å². The minimum absolute atomic E-state index is 0.0775. The van der Waals surface area contributed by atoms with Gasteiger partial charge in [0.1, 0.15) is 23.2 Å². The molecule has 0 aromatic heterocycles. The van der Waals surface area contributed by atoms with E-state index in [0.717, 1.165) is 6.42 Å². The molecule has 1 spiro atoms. The summed E-state index contributed by atoms with van der Waals surface area (Å²) in [6, 6.07) is -1.63. The SMILES string of the molecule is CC[C@@]12/C=C\CCCOC(=O)[C@@H]1[C@H]1C(=O)N([C@H](C)CO)C3C(=O)N(C(C)C)CC=C[C@@]31O2. The Morgan fingerprint density at radius 3 is 2.53 bits per heavy atom. The van der Waals surface area contributed by atoms with Crippen molar-refractivity contribution in [2.75, 3.05) is 19.8 Å². The Labute approximate surface area is 189 Å². The third kappa shape index (κ3) is 3.14. The van der Waals surface area contributed by atoms with Crippen LogP contribution in [0, 0.1) is 11.8 Å². The number of cyclic esters (lactones) is 1. The smallest absolute Gasteiger partial charge is 0.313 e. The van der Waals surface area contributed by atoms with Crippen LogP contribution in [0.25, 0.3) is 0 Å². The topological polar surface area (TPSA) is 96.4 Å². The van der Waals surface area contributed by atoms with Crippen molar-refractivity contribution >= 4 is 17.8 Å². The average Bonchev–Trinajstić information content (AvgIpc) is 3.14. The summed E-state index contributed by atoms with van der Waals surface area (Å²) in [4.78, 5) is 44.3. The Hall–Kier alpha value is -2.19. The molecule has 0 saturated carbocycles. The summed E-state index contributed by atoms with van der Waals surface area (Å²) in [7, 11) is 0. The molecule has 2 fully saturated rings. The second kappa shape index (κ2) is 8.30. The van der Waals surface area contributed by atoms with Gasteiger partial charge >= 0.3 is 5.97 Å². The minimum Gasteiger partial charge on any atom is -0.465 e. The van der Waals surface area contributed by atoms with Crippen LogP contribution in [0.4, 0.5) is 0 Å². The van der Waals surface area contributed by atoms with Gasteiger partial charge in [-0.3, -0.25) is 14.4 Å². The molecule has 176 valence electrons. The van der Waals surface area contributed by atoms with Crippen molar-refractivity contribution in [3.63, 3.8) is 0 Å². The van der Waals surface area contributed by atoms with Crippen LogP contribution >= 0.6 is 0 Å². The highest BCUT2D eigenvalue weighted by molar-refractivity contribution is 5.99. The van der Waals surface area contributed by atoms with Crippen LogP contribution < -0.4 is 0 Å². The molecule has 8 heteroatoms. The van der Waals surface area contributed by atoms with E-state index in [-0.39, 0.29) is 31.1 Å². The molecule has 1 unspecified atom stereocenters. The summed E-state index contributed by atoms with van der Waals surface area (Å²) in [6.07, 6.45) is 9.50. The number of esters is 1. The largest absolute Gasteiger partial charge is 0.465 e. The number of rotatable bonds is 4. The zero-order valence-corrected chi connectivity index (χ0v) is 19.3. The van der Waals surface area contributed by atoms with E-state index in [4.69, 9.17) is 9.47 Å². The quantitative estimate of drug-likeness (QED) is 0.518. The Morgan fingerprint density at radius 2 is 1.88 bits per heavy atom. The number of ether oxygens (including phenoxy) is 2. The van der Waals surface area contributed by atoms with Gasteiger partial charge in [-0.1, -0.05) is 31.2 Å². The molecule has 0 aromatic carbocycles. The molecule has 0 aromatic rings. The van der Waals surface area contributed by atoms with Crippen molar-refractivity contribution in [2.45, 2.75) is 76.3 Å². The lowest BCUT2D eigenvalue weighted by Gasteiger charge is -2.40. The van der Waals surface area contributed by atoms with Gasteiger partial charge in [0, 0.05) is 12.6 Å². The first-order valence-corrected chi connectivity index (χ1v) is 11.7. The second-order valence-electron chi connectivity index (χ2n) is 9.60. The number of nitrogens with zero attached hydrogens (tertiary/aromatic N) is 2. The number of hydrogen-bond acceptors (Lipinski definition) is 6. The molecule has 4 rings (SSSR count). The zero-order valence-electron chi connectivity index (χ0n) is 19.3. The van der Waals surface area contributed by atoms with Crippen LogP contribution in [0.1, 0.15) is 47.0 Å². The number of amides is 2. The van der Waals surface area contributed by atoms with Gasteiger partial charge in [-0.15, -0.1) is 0 Å². The molecule has 4 aliphatic heterocycles. The number of carbonyl (C=O) groups is 3. The molecule has 0 bridgehead atoms. The number of likely N-dealkylation sites (tertiary alicyclic amines) is 1. The van der Waals surface area contributed by atoms with Crippen LogP contribution in [0.2, 0.25) is 0 Å². The highest BCUT2D eigenvalue weighted by Crippen LogP contribution is 2.58. The molecular formula is C24H34N2O6. The van der Waals surface area contributed by atoms with Crippen LogP contribution in [0.3, 0.4) is 0 Å². The third-order valence-electron chi connectivity index (χ3n) is 7.46. The summed E-state index contributed by atoms with van der Waals surface area (Å²) >= 11 is 0. The second-order valence-corrected chi connectivity index (χ2v) is 9.60. The minimum atomic E-state index is -1.30. The van der Waals surface area contributed by atoms with E-state index in [0.29, 0.717) is 19.4 Å². The highest BCUT2D eigenvalue weighted by atomic mass is 16.6. The van der Waals surface area contributed by atoms with Crippen LogP contribution in [0.15, 0.2) is 24.3 Å². The number of allylic oxidation sites excluding steroid dienone is 1. The Balaban J connectivity index is 1.93. The Morgan fingerprint density at radius 1 is 1.12 bits per heavy atom. The highest BCUT2D eigenvalue weighted by Gasteiger charge is 2.75. The van der Waals surface area contributed by atoms with Crippen molar-refractivity contribution in [1.29, 1.82) is 0 Å². The van der Waals surface area contributed by atoms with E-state index < -0.39 is 41.1 Å². The van der Waals surface area contributed by atoms with Crippen molar-refractivity contribution in [3.05, 3.63) is 24.3 Å². The first kappa shape index (κ1) is 23.0. The van der Waals surface area contributed by atoms with Gasteiger partial charge in [-0.2, -0.15) is 0 Å². The van der Waals surface area contributed by atoms with Gasteiger partial charge in [-0.05, 0) is 40.0 Å². The molecular weight excluding hydrogens is 412 g/mol. The van der Waals surface area contributed by atoms with Gasteiger partial charge < -0.3 is 24.4 Å². The van der Waals surface area contributed by atoms with Crippen molar-refractivity contribution in [2.24, 2.45) is 11.8 Å². The zero-order chi connectivity index (χ0) is 23.3. The predicted octanol–water partition coefficient (Wildman–Crippen LogP) is 1.43. The van der Waals surface area contributed by atoms with E-state index in [9.17, 15) is 19.5 Å². The molecule has 4 aliphatic rings. The maximum Gasteiger partial charge on any atom is 0.313 e. The van der Waals surface area contributed by atoms with E-state index in [1.54, 1.807) is 11.8 Å². The summed E-state index contributed by atoms with van der Waals surface area (Å²) < 4.78 is 12.4. The van der Waals surface area contributed by atoms with Crippen LogP contribution in [-0.2, 0) is 23.9 Å². The molecule has 4 heterocycles. The fourth-order valence-corrected chi connectivity index (χ4v) is 5.86. The van der Waals surface area contributed by atoms with E-state index >= 15 is 0 Å². The van der Waals surface area contributed by atoms with Crippen LogP contribution in [0.5, 0.6) is 0 Å². The normalized spacial score (nSPS) is 38.9. The first-order chi connectivity index (χ1) is 15.2. The first-order valence-electron chi connectivity index (χ1n) is 11.7. The van der Waals surface area contributed by atoms with Gasteiger partial charge in [-0.25, -0.2) is 0 Å². The number of hydrogen-bond donors (Lipinski definition) is 1. The third-order valence-corrected chi connectivity index (χ3v) is 7.46. The molecule has 0 radical (unpaired) electrons. The van der Waals surface area contributed by atoms with E-state index in [1.807, 2.05) is 45.1 Å². The fourth-order valence-electron chi connectivity index (χ4n) is 5.86. The molecule has 1 N–H and O–H groups in total. The maximum atomic E-state index is 13.9. The maximum absolute atomic E-state index is 13.9. The summed E-state index contributed by atoms with van der Waals surface area (Å²) in [5, 5.41) is 9.92.